The zero-order valence-electron chi connectivity index (χ0n) is 18.4. The molecule has 168 valence electrons. The Hall–Kier alpha value is -3.39. The number of anilines is 1. The van der Waals surface area contributed by atoms with Gasteiger partial charge in [-0.25, -0.2) is 0 Å². The standard InChI is InChI=1S/C18H21NO4.C5H10N2O/c1-20-15-8-7-12(9-14(15)19)5-6-13-10-16(21-2)18(23-4)17(11-13)22-3;6-5(8)4-2-1-3-7-4/h5-11H,19H2,1-4H3;4,7H,1-3H2,(H2,6,8)/b6-5-;/t;4-/m.1/s1. The van der Waals surface area contributed by atoms with Crippen LogP contribution in [0.15, 0.2) is 30.3 Å². The number of methoxy groups -OCH3 is 4. The summed E-state index contributed by atoms with van der Waals surface area (Å²) in [7, 11) is 6.36. The van der Waals surface area contributed by atoms with Crippen molar-refractivity contribution in [1.82, 2.24) is 5.32 Å². The van der Waals surface area contributed by atoms with Crippen LogP contribution >= 0.6 is 0 Å². The van der Waals surface area contributed by atoms with E-state index in [0.717, 1.165) is 30.5 Å². The van der Waals surface area contributed by atoms with E-state index in [1.807, 2.05) is 42.5 Å². The molecule has 1 heterocycles. The molecule has 1 aliphatic rings. The van der Waals surface area contributed by atoms with Gasteiger partial charge < -0.3 is 35.7 Å². The van der Waals surface area contributed by atoms with Crippen molar-refractivity contribution in [2.24, 2.45) is 5.73 Å². The number of primary amides is 1. The van der Waals surface area contributed by atoms with E-state index >= 15 is 0 Å². The Bertz CT molecular complexity index is 883. The van der Waals surface area contributed by atoms with Crippen molar-refractivity contribution >= 4 is 23.7 Å². The maximum Gasteiger partial charge on any atom is 0.234 e. The lowest BCUT2D eigenvalue weighted by Crippen LogP contribution is -2.36. The quantitative estimate of drug-likeness (QED) is 0.457. The predicted octanol–water partition coefficient (Wildman–Crippen LogP) is 2.70. The largest absolute Gasteiger partial charge is 0.495 e. The van der Waals surface area contributed by atoms with Gasteiger partial charge in [-0.1, -0.05) is 18.2 Å². The number of rotatable bonds is 7. The first-order chi connectivity index (χ1) is 14.9. The molecule has 1 saturated heterocycles. The molecule has 2 aromatic carbocycles. The molecule has 3 rings (SSSR count). The average molecular weight is 430 g/mol. The van der Waals surface area contributed by atoms with Crippen molar-refractivity contribution in [3.8, 4) is 23.0 Å². The van der Waals surface area contributed by atoms with Gasteiger partial charge in [0.25, 0.3) is 0 Å². The van der Waals surface area contributed by atoms with Gasteiger partial charge in [-0.3, -0.25) is 4.79 Å². The summed E-state index contributed by atoms with van der Waals surface area (Å²) >= 11 is 0. The van der Waals surface area contributed by atoms with Gasteiger partial charge in [0.1, 0.15) is 5.75 Å². The van der Waals surface area contributed by atoms with Crippen LogP contribution in [0.1, 0.15) is 24.0 Å². The third-order valence-electron chi connectivity index (χ3n) is 4.81. The summed E-state index contributed by atoms with van der Waals surface area (Å²) in [6.07, 6.45) is 5.89. The molecule has 0 aromatic heterocycles. The van der Waals surface area contributed by atoms with E-state index in [1.54, 1.807) is 28.4 Å². The number of ether oxygens (including phenoxy) is 4. The number of nitrogens with two attached hydrogens (primary N) is 2. The van der Waals surface area contributed by atoms with Crippen LogP contribution < -0.4 is 35.7 Å². The highest BCUT2D eigenvalue weighted by molar-refractivity contribution is 5.80. The number of hydrogen-bond acceptors (Lipinski definition) is 7. The molecule has 1 aliphatic heterocycles. The summed E-state index contributed by atoms with van der Waals surface area (Å²) < 4.78 is 21.2. The van der Waals surface area contributed by atoms with Crippen molar-refractivity contribution in [3.63, 3.8) is 0 Å². The number of nitrogen functional groups attached to an aromatic ring is 1. The fraction of sp³-hybridized carbons (Fsp3) is 0.348. The SMILES string of the molecule is COc1ccc(/C=C\c2cc(OC)c(OC)c(OC)c2)cc1N.NC(=O)[C@H]1CCCN1. The van der Waals surface area contributed by atoms with Gasteiger partial charge in [-0.2, -0.15) is 0 Å². The van der Waals surface area contributed by atoms with Crippen molar-refractivity contribution < 1.29 is 23.7 Å². The summed E-state index contributed by atoms with van der Waals surface area (Å²) in [6.45, 7) is 0.938. The normalized spacial score (nSPS) is 15.2. The second-order valence-electron chi connectivity index (χ2n) is 6.84. The third kappa shape index (κ3) is 6.55. The fourth-order valence-corrected chi connectivity index (χ4v) is 3.17. The van der Waals surface area contributed by atoms with Gasteiger partial charge >= 0.3 is 0 Å². The minimum absolute atomic E-state index is 0.0463. The molecule has 1 atom stereocenters. The molecule has 1 amide bonds. The Morgan fingerprint density at radius 1 is 0.935 bits per heavy atom. The van der Waals surface area contributed by atoms with Crippen LogP contribution in [0.3, 0.4) is 0 Å². The molecule has 5 N–H and O–H groups in total. The Balaban J connectivity index is 0.000000357. The van der Waals surface area contributed by atoms with E-state index < -0.39 is 0 Å². The van der Waals surface area contributed by atoms with Gasteiger partial charge in [0.15, 0.2) is 11.5 Å². The Morgan fingerprint density at radius 2 is 1.55 bits per heavy atom. The van der Waals surface area contributed by atoms with Crippen LogP contribution in [0.5, 0.6) is 23.0 Å². The van der Waals surface area contributed by atoms with Gasteiger partial charge in [0, 0.05) is 0 Å². The second kappa shape index (κ2) is 11.7. The highest BCUT2D eigenvalue weighted by Crippen LogP contribution is 2.38. The van der Waals surface area contributed by atoms with Crippen molar-refractivity contribution in [2.75, 3.05) is 40.7 Å². The Labute approximate surface area is 183 Å². The van der Waals surface area contributed by atoms with Crippen LogP contribution in [0.25, 0.3) is 12.2 Å². The molecule has 0 spiro atoms. The fourth-order valence-electron chi connectivity index (χ4n) is 3.17. The molecule has 31 heavy (non-hydrogen) atoms. The molecule has 8 nitrogen and oxygen atoms in total. The zero-order chi connectivity index (χ0) is 22.8. The number of nitrogens with one attached hydrogen (secondary N) is 1. The summed E-state index contributed by atoms with van der Waals surface area (Å²) in [4.78, 5) is 10.4. The highest BCUT2D eigenvalue weighted by atomic mass is 16.5. The second-order valence-corrected chi connectivity index (χ2v) is 6.84. The van der Waals surface area contributed by atoms with Gasteiger partial charge in [0.05, 0.1) is 40.2 Å². The third-order valence-corrected chi connectivity index (χ3v) is 4.81. The molecule has 0 radical (unpaired) electrons. The number of carbonyl (C=O) groups is 1. The maximum absolute atomic E-state index is 10.4. The lowest BCUT2D eigenvalue weighted by Gasteiger charge is -2.12. The van der Waals surface area contributed by atoms with Crippen molar-refractivity contribution in [3.05, 3.63) is 41.5 Å². The first-order valence-corrected chi connectivity index (χ1v) is 9.87. The number of benzene rings is 2. The smallest absolute Gasteiger partial charge is 0.234 e. The molecule has 8 heteroatoms. The molecule has 0 saturated carbocycles. The van der Waals surface area contributed by atoms with Crippen molar-refractivity contribution in [2.45, 2.75) is 18.9 Å². The van der Waals surface area contributed by atoms with Gasteiger partial charge in [-0.05, 0) is 54.8 Å². The van der Waals surface area contributed by atoms with Crippen LogP contribution in [0.4, 0.5) is 5.69 Å². The molecular weight excluding hydrogens is 398 g/mol. The lowest BCUT2D eigenvalue weighted by atomic mass is 10.1. The maximum atomic E-state index is 10.4. The van der Waals surface area contributed by atoms with E-state index in [1.165, 1.54) is 0 Å². The molecular formula is C23H31N3O5. The van der Waals surface area contributed by atoms with Gasteiger partial charge in [0.2, 0.25) is 11.7 Å². The molecule has 0 unspecified atom stereocenters. The number of carbonyl (C=O) groups excluding carboxylic acids is 1. The summed E-state index contributed by atoms with van der Waals surface area (Å²) in [5.74, 6) is 2.24. The Kier molecular flexibility index (Phi) is 9.02. The van der Waals surface area contributed by atoms with Crippen molar-refractivity contribution in [1.29, 1.82) is 0 Å². The van der Waals surface area contributed by atoms with Crippen LogP contribution in [0.2, 0.25) is 0 Å². The lowest BCUT2D eigenvalue weighted by molar-refractivity contribution is -0.119. The molecule has 1 fully saturated rings. The van der Waals surface area contributed by atoms with Gasteiger partial charge in [-0.15, -0.1) is 0 Å². The summed E-state index contributed by atoms with van der Waals surface area (Å²) in [5.41, 5.74) is 13.4. The highest BCUT2D eigenvalue weighted by Gasteiger charge is 2.18. The minimum atomic E-state index is -0.220. The zero-order valence-corrected chi connectivity index (χ0v) is 18.4. The van der Waals surface area contributed by atoms with E-state index in [9.17, 15) is 4.79 Å². The molecule has 0 bridgehead atoms. The monoisotopic (exact) mass is 429 g/mol. The summed E-state index contributed by atoms with van der Waals surface area (Å²) in [5, 5.41) is 2.98. The van der Waals surface area contributed by atoms with E-state index in [-0.39, 0.29) is 11.9 Å². The predicted molar refractivity (Wildman–Crippen MR) is 123 cm³/mol. The molecule has 0 aliphatic carbocycles. The van der Waals surface area contributed by atoms with Crippen LogP contribution in [-0.2, 0) is 4.79 Å². The Morgan fingerprint density at radius 3 is 1.97 bits per heavy atom. The van der Waals surface area contributed by atoms with E-state index in [4.69, 9.17) is 30.4 Å². The minimum Gasteiger partial charge on any atom is -0.495 e. The number of hydrogen-bond donors (Lipinski definition) is 3. The number of amides is 1. The van der Waals surface area contributed by atoms with E-state index in [2.05, 4.69) is 5.32 Å². The van der Waals surface area contributed by atoms with Crippen LogP contribution in [-0.4, -0.2) is 46.9 Å². The first kappa shape index (κ1) is 23.9. The average Bonchev–Trinajstić information content (AvgIpc) is 3.33. The summed E-state index contributed by atoms with van der Waals surface area (Å²) in [6, 6.07) is 9.34. The van der Waals surface area contributed by atoms with E-state index in [0.29, 0.717) is 28.7 Å². The molecule has 2 aromatic rings. The first-order valence-electron chi connectivity index (χ1n) is 9.87. The topological polar surface area (TPSA) is 118 Å². The van der Waals surface area contributed by atoms with Crippen LogP contribution in [0, 0.1) is 0 Å².